The highest BCUT2D eigenvalue weighted by Crippen LogP contribution is 2.21. The smallest absolute Gasteiger partial charge is 0.320 e. The number of hydrogen-bond acceptors (Lipinski definition) is 8. The van der Waals surface area contributed by atoms with Crippen LogP contribution in [0.5, 0.6) is 5.75 Å². The van der Waals surface area contributed by atoms with Gasteiger partial charge in [-0.2, -0.15) is 4.98 Å². The molecule has 2 aromatic carbocycles. The molecule has 8 heteroatoms. The van der Waals surface area contributed by atoms with Crippen LogP contribution in [-0.2, 0) is 22.7 Å². The highest BCUT2D eigenvalue weighted by Gasteiger charge is 2.21. The van der Waals surface area contributed by atoms with Crippen LogP contribution < -0.4 is 4.74 Å². The summed E-state index contributed by atoms with van der Waals surface area (Å²) in [5, 5.41) is 4.12. The van der Waals surface area contributed by atoms with Crippen LogP contribution in [0.15, 0.2) is 59.1 Å². The van der Waals surface area contributed by atoms with E-state index in [1.165, 1.54) is 0 Å². The maximum absolute atomic E-state index is 11.6. The van der Waals surface area contributed by atoms with Crippen LogP contribution in [0, 0.1) is 0 Å². The first-order valence-electron chi connectivity index (χ1n) is 10.9. The van der Waals surface area contributed by atoms with Crippen molar-refractivity contribution in [2.45, 2.75) is 20.1 Å². The maximum atomic E-state index is 11.6. The fourth-order valence-electron chi connectivity index (χ4n) is 3.56. The van der Waals surface area contributed by atoms with Crippen molar-refractivity contribution in [2.75, 3.05) is 39.3 Å². The normalized spacial score (nSPS) is 14.9. The summed E-state index contributed by atoms with van der Waals surface area (Å²) in [6.07, 6.45) is 0. The molecule has 0 atom stereocenters. The van der Waals surface area contributed by atoms with Crippen molar-refractivity contribution in [3.63, 3.8) is 0 Å². The van der Waals surface area contributed by atoms with Gasteiger partial charge in [-0.3, -0.25) is 14.6 Å². The molecule has 0 unspecified atom stereocenters. The van der Waals surface area contributed by atoms with Crippen molar-refractivity contribution in [2.24, 2.45) is 0 Å². The number of ether oxygens (including phenoxy) is 2. The molecule has 4 rings (SSSR count). The van der Waals surface area contributed by atoms with Crippen molar-refractivity contribution >= 4 is 5.97 Å². The summed E-state index contributed by atoms with van der Waals surface area (Å²) in [4.78, 5) is 20.5. The largest absolute Gasteiger partial charge is 0.489 e. The third kappa shape index (κ3) is 6.15. The number of piperazine rings is 1. The van der Waals surface area contributed by atoms with Gasteiger partial charge in [0, 0.05) is 31.7 Å². The maximum Gasteiger partial charge on any atom is 0.320 e. The second-order valence-corrected chi connectivity index (χ2v) is 7.67. The van der Waals surface area contributed by atoms with Crippen LogP contribution in [0.2, 0.25) is 0 Å². The fraction of sp³-hybridized carbons (Fsp3) is 0.375. The van der Waals surface area contributed by atoms with E-state index >= 15 is 0 Å². The molecule has 32 heavy (non-hydrogen) atoms. The van der Waals surface area contributed by atoms with Crippen LogP contribution in [0.25, 0.3) is 11.4 Å². The Morgan fingerprint density at radius 3 is 2.44 bits per heavy atom. The van der Waals surface area contributed by atoms with Gasteiger partial charge in [-0.25, -0.2) is 0 Å². The second kappa shape index (κ2) is 10.9. The minimum Gasteiger partial charge on any atom is -0.489 e. The van der Waals surface area contributed by atoms with Gasteiger partial charge < -0.3 is 14.0 Å². The van der Waals surface area contributed by atoms with E-state index in [1.807, 2.05) is 61.5 Å². The lowest BCUT2D eigenvalue weighted by Crippen LogP contribution is -2.47. The molecular weight excluding hydrogens is 408 g/mol. The Morgan fingerprint density at radius 1 is 1.00 bits per heavy atom. The molecule has 0 aliphatic carbocycles. The third-order valence-electron chi connectivity index (χ3n) is 5.31. The number of carbonyl (C=O) groups is 1. The van der Waals surface area contributed by atoms with Crippen LogP contribution in [-0.4, -0.2) is 65.2 Å². The number of aromatic nitrogens is 2. The first kappa shape index (κ1) is 22.0. The molecule has 2 heterocycles. The highest BCUT2D eigenvalue weighted by atomic mass is 16.5. The van der Waals surface area contributed by atoms with E-state index in [1.54, 1.807) is 0 Å². The summed E-state index contributed by atoms with van der Waals surface area (Å²) in [6.45, 7) is 7.00. The molecule has 0 bridgehead atoms. The van der Waals surface area contributed by atoms with Crippen molar-refractivity contribution < 1.29 is 18.8 Å². The van der Waals surface area contributed by atoms with Gasteiger partial charge in [0.1, 0.15) is 12.4 Å². The van der Waals surface area contributed by atoms with Gasteiger partial charge in [0.05, 0.1) is 19.7 Å². The number of nitrogens with zero attached hydrogens (tertiary/aromatic N) is 4. The van der Waals surface area contributed by atoms with Crippen molar-refractivity contribution in [1.82, 2.24) is 19.9 Å². The summed E-state index contributed by atoms with van der Waals surface area (Å²) < 4.78 is 16.3. The minimum absolute atomic E-state index is 0.168. The molecule has 0 saturated carbocycles. The summed E-state index contributed by atoms with van der Waals surface area (Å²) in [5.41, 5.74) is 2.01. The molecule has 1 saturated heterocycles. The highest BCUT2D eigenvalue weighted by molar-refractivity contribution is 5.71. The van der Waals surface area contributed by atoms with Crippen LogP contribution >= 0.6 is 0 Å². The first-order valence-corrected chi connectivity index (χ1v) is 10.9. The Labute approximate surface area is 187 Å². The molecule has 1 aliphatic heterocycles. The molecule has 168 valence electrons. The first-order chi connectivity index (χ1) is 15.7. The Hall–Kier alpha value is -3.23. The Morgan fingerprint density at radius 2 is 1.72 bits per heavy atom. The van der Waals surface area contributed by atoms with Crippen LogP contribution in [0.1, 0.15) is 18.4 Å². The van der Waals surface area contributed by atoms with Gasteiger partial charge in [0.25, 0.3) is 0 Å². The van der Waals surface area contributed by atoms with E-state index in [2.05, 4.69) is 19.9 Å². The molecule has 0 spiro atoms. The fourth-order valence-corrected chi connectivity index (χ4v) is 3.56. The zero-order chi connectivity index (χ0) is 22.2. The third-order valence-corrected chi connectivity index (χ3v) is 5.31. The van der Waals surface area contributed by atoms with Crippen LogP contribution in [0.4, 0.5) is 0 Å². The van der Waals surface area contributed by atoms with Gasteiger partial charge in [-0.1, -0.05) is 35.5 Å². The van der Waals surface area contributed by atoms with E-state index in [0.29, 0.717) is 38.0 Å². The van der Waals surface area contributed by atoms with E-state index in [0.717, 1.165) is 43.1 Å². The summed E-state index contributed by atoms with van der Waals surface area (Å²) >= 11 is 0. The Kier molecular flexibility index (Phi) is 7.47. The number of esters is 1. The standard InChI is InChI=1S/C24H28N4O4/c1-2-30-23(29)17-28-14-12-27(13-15-28)16-22-25-24(26-32-22)20-8-10-21(11-9-20)31-18-19-6-4-3-5-7-19/h3-11H,2,12-18H2,1H3. The van der Waals surface area contributed by atoms with Crippen molar-refractivity contribution in [3.8, 4) is 17.1 Å². The quantitative estimate of drug-likeness (QED) is 0.474. The second-order valence-electron chi connectivity index (χ2n) is 7.67. The van der Waals surface area contributed by atoms with Crippen molar-refractivity contribution in [3.05, 3.63) is 66.1 Å². The van der Waals surface area contributed by atoms with Crippen molar-refractivity contribution in [1.29, 1.82) is 0 Å². The lowest BCUT2D eigenvalue weighted by Gasteiger charge is -2.33. The molecule has 1 fully saturated rings. The molecule has 0 N–H and O–H groups in total. The predicted molar refractivity (Wildman–Crippen MR) is 119 cm³/mol. The van der Waals surface area contributed by atoms with E-state index in [9.17, 15) is 4.79 Å². The number of rotatable bonds is 9. The Bertz CT molecular complexity index is 983. The van der Waals surface area contributed by atoms with E-state index in [4.69, 9.17) is 14.0 Å². The number of carbonyl (C=O) groups excluding carboxylic acids is 1. The zero-order valence-electron chi connectivity index (χ0n) is 18.3. The SMILES string of the molecule is CCOC(=O)CN1CCN(Cc2nc(-c3ccc(OCc4ccccc4)cc3)no2)CC1. The summed E-state index contributed by atoms with van der Waals surface area (Å²) in [6, 6.07) is 17.8. The van der Waals surface area contributed by atoms with Crippen LogP contribution in [0.3, 0.4) is 0 Å². The summed E-state index contributed by atoms with van der Waals surface area (Å²) in [7, 11) is 0. The Balaban J connectivity index is 1.25. The average Bonchev–Trinajstić information content (AvgIpc) is 3.29. The average molecular weight is 437 g/mol. The predicted octanol–water partition coefficient (Wildman–Crippen LogP) is 3.00. The molecule has 0 amide bonds. The number of benzene rings is 2. The lowest BCUT2D eigenvalue weighted by molar-refractivity contribution is -0.144. The monoisotopic (exact) mass is 436 g/mol. The van der Waals surface area contributed by atoms with Gasteiger partial charge in [0.15, 0.2) is 0 Å². The summed E-state index contributed by atoms with van der Waals surface area (Å²) in [5.74, 6) is 1.78. The van der Waals surface area contributed by atoms with E-state index in [-0.39, 0.29) is 5.97 Å². The molecule has 3 aromatic rings. The van der Waals surface area contributed by atoms with E-state index < -0.39 is 0 Å². The molecule has 8 nitrogen and oxygen atoms in total. The molecular formula is C24H28N4O4. The lowest BCUT2D eigenvalue weighted by atomic mass is 10.2. The van der Waals surface area contributed by atoms with Gasteiger partial charge in [-0.15, -0.1) is 0 Å². The van der Waals surface area contributed by atoms with Gasteiger partial charge >= 0.3 is 5.97 Å². The van der Waals surface area contributed by atoms with Gasteiger partial charge in [0.2, 0.25) is 11.7 Å². The minimum atomic E-state index is -0.168. The number of hydrogen-bond donors (Lipinski definition) is 0. The zero-order valence-corrected chi connectivity index (χ0v) is 18.3. The van der Waals surface area contributed by atoms with Gasteiger partial charge in [-0.05, 0) is 36.8 Å². The molecule has 0 radical (unpaired) electrons. The molecule has 1 aliphatic rings. The molecule has 1 aromatic heterocycles. The topological polar surface area (TPSA) is 80.9 Å².